The van der Waals surface area contributed by atoms with Crippen LogP contribution in [0.3, 0.4) is 0 Å². The van der Waals surface area contributed by atoms with Gasteiger partial charge in [0, 0.05) is 25.2 Å². The molecule has 0 bridgehead atoms. The first-order chi connectivity index (χ1) is 13.4. The van der Waals surface area contributed by atoms with Gasteiger partial charge in [0.2, 0.25) is 15.9 Å². The van der Waals surface area contributed by atoms with E-state index in [1.807, 2.05) is 6.07 Å². The molecule has 0 unspecified atom stereocenters. The van der Waals surface area contributed by atoms with Crippen molar-refractivity contribution in [3.63, 3.8) is 0 Å². The average Bonchev–Trinajstić information content (AvgIpc) is 2.72. The number of hydrogen-bond acceptors (Lipinski definition) is 4. The van der Waals surface area contributed by atoms with Gasteiger partial charge in [-0.25, -0.2) is 8.42 Å². The van der Waals surface area contributed by atoms with Gasteiger partial charge in [-0.2, -0.15) is 4.31 Å². The fourth-order valence-electron chi connectivity index (χ4n) is 2.61. The van der Waals surface area contributed by atoms with E-state index in [-0.39, 0.29) is 29.8 Å². The highest BCUT2D eigenvalue weighted by molar-refractivity contribution is 7.89. The predicted octanol–water partition coefficient (Wildman–Crippen LogP) is 1.76. The number of sulfonamides is 1. The fourth-order valence-corrected chi connectivity index (χ4v) is 4.07. The molecule has 28 heavy (non-hydrogen) atoms. The van der Waals surface area contributed by atoms with Gasteiger partial charge in [-0.05, 0) is 29.8 Å². The van der Waals surface area contributed by atoms with Crippen LogP contribution in [-0.2, 0) is 21.4 Å². The van der Waals surface area contributed by atoms with Gasteiger partial charge in [-0.1, -0.05) is 44.2 Å². The molecule has 0 radical (unpaired) electrons. The van der Waals surface area contributed by atoms with Gasteiger partial charge < -0.3 is 10.6 Å². The molecule has 2 aromatic rings. The van der Waals surface area contributed by atoms with E-state index in [0.717, 1.165) is 5.56 Å². The van der Waals surface area contributed by atoms with E-state index in [1.54, 1.807) is 50.2 Å². The molecular formula is C20H25N3O4S. The van der Waals surface area contributed by atoms with Gasteiger partial charge in [0.15, 0.2) is 0 Å². The third-order valence-electron chi connectivity index (χ3n) is 4.20. The van der Waals surface area contributed by atoms with Crippen LogP contribution in [0.15, 0.2) is 59.5 Å². The Morgan fingerprint density at radius 2 is 1.50 bits per heavy atom. The lowest BCUT2D eigenvalue weighted by molar-refractivity contribution is -0.120. The molecule has 0 spiro atoms. The first kappa shape index (κ1) is 21.6. The summed E-state index contributed by atoms with van der Waals surface area (Å²) in [6, 6.07) is 15.0. The van der Waals surface area contributed by atoms with Crippen molar-refractivity contribution in [3.8, 4) is 0 Å². The summed E-state index contributed by atoms with van der Waals surface area (Å²) in [5.41, 5.74) is 1.25. The van der Waals surface area contributed by atoms with Gasteiger partial charge in [-0.15, -0.1) is 0 Å². The van der Waals surface area contributed by atoms with E-state index in [9.17, 15) is 18.0 Å². The zero-order chi connectivity index (χ0) is 20.6. The molecule has 2 rings (SSSR count). The summed E-state index contributed by atoms with van der Waals surface area (Å²) in [6.45, 7) is 4.51. The van der Waals surface area contributed by atoms with Gasteiger partial charge in [0.05, 0.1) is 11.4 Å². The van der Waals surface area contributed by atoms with Crippen LogP contribution >= 0.6 is 0 Å². The first-order valence-corrected chi connectivity index (χ1v) is 10.5. The summed E-state index contributed by atoms with van der Waals surface area (Å²) in [5, 5.41) is 5.25. The Hall–Kier alpha value is -2.71. The molecule has 0 aliphatic carbocycles. The van der Waals surface area contributed by atoms with Gasteiger partial charge in [0.1, 0.15) is 0 Å². The maximum Gasteiger partial charge on any atom is 0.251 e. The molecular weight excluding hydrogens is 378 g/mol. The summed E-state index contributed by atoms with van der Waals surface area (Å²) in [7, 11) is -3.50. The topological polar surface area (TPSA) is 95.6 Å². The van der Waals surface area contributed by atoms with Crippen molar-refractivity contribution >= 4 is 21.8 Å². The number of nitrogens with one attached hydrogen (secondary N) is 2. The minimum absolute atomic E-state index is 0.137. The van der Waals surface area contributed by atoms with Gasteiger partial charge >= 0.3 is 0 Å². The van der Waals surface area contributed by atoms with Crippen LogP contribution in [-0.4, -0.2) is 44.2 Å². The molecule has 2 N–H and O–H groups in total. The van der Waals surface area contributed by atoms with Crippen molar-refractivity contribution < 1.29 is 18.0 Å². The quantitative estimate of drug-likeness (QED) is 0.667. The maximum atomic E-state index is 12.5. The Balaban J connectivity index is 1.86. The summed E-state index contributed by atoms with van der Waals surface area (Å²) in [4.78, 5) is 24.0. The summed E-state index contributed by atoms with van der Waals surface area (Å²) < 4.78 is 26.3. The number of hydrogen-bond donors (Lipinski definition) is 2. The summed E-state index contributed by atoms with van der Waals surface area (Å²) >= 11 is 0. The predicted molar refractivity (Wildman–Crippen MR) is 107 cm³/mol. The second-order valence-corrected chi connectivity index (χ2v) is 8.00. The molecule has 8 heteroatoms. The van der Waals surface area contributed by atoms with Crippen LogP contribution < -0.4 is 10.6 Å². The molecule has 2 aromatic carbocycles. The molecule has 0 heterocycles. The van der Waals surface area contributed by atoms with Gasteiger partial charge in [0.25, 0.3) is 5.91 Å². The Morgan fingerprint density at radius 1 is 0.893 bits per heavy atom. The lowest BCUT2D eigenvalue weighted by Crippen LogP contribution is -2.36. The van der Waals surface area contributed by atoms with Crippen molar-refractivity contribution in [1.82, 2.24) is 14.9 Å². The highest BCUT2D eigenvalue weighted by Gasteiger charge is 2.21. The van der Waals surface area contributed by atoms with Crippen LogP contribution in [0.1, 0.15) is 29.8 Å². The molecule has 0 aliphatic rings. The summed E-state index contributed by atoms with van der Waals surface area (Å²) in [5.74, 6) is -0.647. The molecule has 7 nitrogen and oxygen atoms in total. The largest absolute Gasteiger partial charge is 0.350 e. The van der Waals surface area contributed by atoms with Crippen LogP contribution in [0.5, 0.6) is 0 Å². The van der Waals surface area contributed by atoms with Crippen LogP contribution in [0.2, 0.25) is 0 Å². The van der Waals surface area contributed by atoms with Crippen LogP contribution in [0, 0.1) is 0 Å². The van der Waals surface area contributed by atoms with E-state index >= 15 is 0 Å². The monoisotopic (exact) mass is 403 g/mol. The second kappa shape index (κ2) is 10.0. The Morgan fingerprint density at radius 3 is 2.07 bits per heavy atom. The second-order valence-electron chi connectivity index (χ2n) is 6.06. The lowest BCUT2D eigenvalue weighted by atomic mass is 10.2. The van der Waals surface area contributed by atoms with Crippen molar-refractivity contribution in [2.75, 3.05) is 19.6 Å². The number of carbonyl (C=O) groups is 2. The smallest absolute Gasteiger partial charge is 0.251 e. The van der Waals surface area contributed by atoms with E-state index in [2.05, 4.69) is 10.6 Å². The standard InChI is InChI=1S/C20H25N3O4S/c1-3-23(4-2)28(26,27)18-12-10-16(11-13-18)14-21-19(24)15-22-20(25)17-8-6-5-7-9-17/h5-13H,3-4,14-15H2,1-2H3,(H,21,24)(H,22,25). The number of amides is 2. The highest BCUT2D eigenvalue weighted by atomic mass is 32.2. The Labute approximate surface area is 165 Å². The zero-order valence-corrected chi connectivity index (χ0v) is 16.8. The third kappa shape index (κ3) is 5.64. The summed E-state index contributed by atoms with van der Waals surface area (Å²) in [6.07, 6.45) is 0. The molecule has 0 atom stereocenters. The van der Waals surface area contributed by atoms with E-state index in [1.165, 1.54) is 16.4 Å². The molecule has 2 amide bonds. The fraction of sp³-hybridized carbons (Fsp3) is 0.300. The number of nitrogens with zero attached hydrogens (tertiary/aromatic N) is 1. The zero-order valence-electron chi connectivity index (χ0n) is 16.0. The van der Waals surface area contributed by atoms with Crippen LogP contribution in [0.4, 0.5) is 0 Å². The van der Waals surface area contributed by atoms with Crippen molar-refractivity contribution in [2.24, 2.45) is 0 Å². The first-order valence-electron chi connectivity index (χ1n) is 9.07. The minimum Gasteiger partial charge on any atom is -0.350 e. The lowest BCUT2D eigenvalue weighted by Gasteiger charge is -2.18. The third-order valence-corrected chi connectivity index (χ3v) is 6.27. The Bertz CT molecular complexity index is 893. The minimum atomic E-state index is -3.50. The van der Waals surface area contributed by atoms with Gasteiger partial charge in [-0.3, -0.25) is 9.59 Å². The maximum absolute atomic E-state index is 12.5. The van der Waals surface area contributed by atoms with Crippen molar-refractivity contribution in [3.05, 3.63) is 65.7 Å². The molecule has 0 fully saturated rings. The number of benzene rings is 2. The van der Waals surface area contributed by atoms with E-state index < -0.39 is 10.0 Å². The van der Waals surface area contributed by atoms with Crippen LogP contribution in [0.25, 0.3) is 0 Å². The number of rotatable bonds is 9. The Kier molecular flexibility index (Phi) is 7.71. The van der Waals surface area contributed by atoms with Crippen molar-refractivity contribution in [2.45, 2.75) is 25.3 Å². The molecule has 0 aromatic heterocycles. The highest BCUT2D eigenvalue weighted by Crippen LogP contribution is 2.16. The van der Waals surface area contributed by atoms with Crippen molar-refractivity contribution in [1.29, 1.82) is 0 Å². The molecule has 0 saturated carbocycles. The molecule has 150 valence electrons. The normalized spacial score (nSPS) is 11.2. The SMILES string of the molecule is CCN(CC)S(=O)(=O)c1ccc(CNC(=O)CNC(=O)c2ccccc2)cc1. The van der Waals surface area contributed by atoms with E-state index in [0.29, 0.717) is 18.7 Å². The molecule has 0 aliphatic heterocycles. The average molecular weight is 404 g/mol. The number of carbonyl (C=O) groups excluding carboxylic acids is 2. The van der Waals surface area contributed by atoms with E-state index in [4.69, 9.17) is 0 Å². The molecule has 0 saturated heterocycles.